The van der Waals surface area contributed by atoms with E-state index in [1.165, 1.54) is 0 Å². The number of carbonyl (C=O) groups is 2. The average Bonchev–Trinajstić information content (AvgIpc) is 2.89. The van der Waals surface area contributed by atoms with Gasteiger partial charge in [-0.3, -0.25) is 9.59 Å². The molecule has 1 aliphatic rings. The van der Waals surface area contributed by atoms with Crippen molar-refractivity contribution >= 4 is 11.8 Å². The van der Waals surface area contributed by atoms with Crippen molar-refractivity contribution in [2.45, 2.75) is 52.1 Å². The van der Waals surface area contributed by atoms with Crippen LogP contribution in [0.1, 0.15) is 46.0 Å². The topological polar surface area (TPSA) is 78.4 Å². The molecule has 0 saturated heterocycles. The number of nitrogens with one attached hydrogen (secondary N) is 2. The second-order valence-corrected chi connectivity index (χ2v) is 5.64. The van der Waals surface area contributed by atoms with Gasteiger partial charge in [-0.25, -0.2) is 0 Å². The third kappa shape index (κ3) is 6.05. The summed E-state index contributed by atoms with van der Waals surface area (Å²) in [5.41, 5.74) is 0. The first-order valence-corrected chi connectivity index (χ1v) is 7.23. The van der Waals surface area contributed by atoms with Crippen LogP contribution < -0.4 is 10.6 Å². The number of hydrogen-bond acceptors (Lipinski definition) is 3. The lowest BCUT2D eigenvalue weighted by atomic mass is 10.1. The zero-order valence-electron chi connectivity index (χ0n) is 11.9. The van der Waals surface area contributed by atoms with Gasteiger partial charge < -0.3 is 15.7 Å². The van der Waals surface area contributed by atoms with E-state index >= 15 is 0 Å². The van der Waals surface area contributed by atoms with Gasteiger partial charge in [0.25, 0.3) is 0 Å². The molecule has 0 radical (unpaired) electrons. The number of aliphatic hydroxyl groups is 1. The van der Waals surface area contributed by atoms with Crippen LogP contribution in [-0.2, 0) is 9.59 Å². The summed E-state index contributed by atoms with van der Waals surface area (Å²) in [4.78, 5) is 23.2. The monoisotopic (exact) mass is 270 g/mol. The molecule has 1 atom stereocenters. The average molecular weight is 270 g/mol. The first kappa shape index (κ1) is 16.0. The maximum absolute atomic E-state index is 11.7. The van der Waals surface area contributed by atoms with E-state index < -0.39 is 6.10 Å². The molecule has 110 valence electrons. The van der Waals surface area contributed by atoms with Gasteiger partial charge in [-0.2, -0.15) is 0 Å². The molecule has 1 unspecified atom stereocenters. The van der Waals surface area contributed by atoms with Crippen LogP contribution >= 0.6 is 0 Å². The third-order valence-corrected chi connectivity index (χ3v) is 3.66. The summed E-state index contributed by atoms with van der Waals surface area (Å²) in [5, 5.41) is 15.0. The van der Waals surface area contributed by atoms with Crippen molar-refractivity contribution in [2.75, 3.05) is 13.1 Å². The fraction of sp³-hybridized carbons (Fsp3) is 0.857. The van der Waals surface area contributed by atoms with Gasteiger partial charge in [0.05, 0.1) is 6.10 Å². The number of rotatable bonds is 7. The highest BCUT2D eigenvalue weighted by Gasteiger charge is 2.22. The molecule has 1 saturated carbocycles. The molecule has 0 aromatic heterocycles. The highest BCUT2D eigenvalue weighted by molar-refractivity contribution is 5.80. The molecule has 5 nitrogen and oxygen atoms in total. The Bertz CT molecular complexity index is 299. The van der Waals surface area contributed by atoms with Gasteiger partial charge in [0, 0.05) is 25.4 Å². The molecule has 0 aromatic rings. The summed E-state index contributed by atoms with van der Waals surface area (Å²) >= 11 is 0. The lowest BCUT2D eigenvalue weighted by molar-refractivity contribution is -0.125. The quantitative estimate of drug-likeness (QED) is 0.641. The Morgan fingerprint density at radius 3 is 2.42 bits per heavy atom. The van der Waals surface area contributed by atoms with E-state index in [9.17, 15) is 14.7 Å². The molecule has 0 spiro atoms. The Labute approximate surface area is 115 Å². The van der Waals surface area contributed by atoms with E-state index in [-0.39, 0.29) is 36.6 Å². The Kier molecular flexibility index (Phi) is 6.84. The lowest BCUT2D eigenvalue weighted by Crippen LogP contribution is -2.37. The van der Waals surface area contributed by atoms with Gasteiger partial charge in [0.2, 0.25) is 11.8 Å². The van der Waals surface area contributed by atoms with Gasteiger partial charge in [-0.05, 0) is 18.8 Å². The molecule has 0 bridgehead atoms. The highest BCUT2D eigenvalue weighted by Crippen LogP contribution is 2.24. The summed E-state index contributed by atoms with van der Waals surface area (Å²) in [7, 11) is 0. The number of amides is 2. The van der Waals surface area contributed by atoms with Crippen LogP contribution in [-0.4, -0.2) is 36.1 Å². The predicted octanol–water partition coefficient (Wildman–Crippen LogP) is 0.816. The minimum absolute atomic E-state index is 0.0764. The maximum atomic E-state index is 11.7. The van der Waals surface area contributed by atoms with Gasteiger partial charge in [-0.1, -0.05) is 26.7 Å². The smallest absolute Gasteiger partial charge is 0.223 e. The van der Waals surface area contributed by atoms with Gasteiger partial charge in [0.1, 0.15) is 0 Å². The van der Waals surface area contributed by atoms with E-state index in [0.717, 1.165) is 25.7 Å². The molecule has 1 aliphatic carbocycles. The summed E-state index contributed by atoms with van der Waals surface area (Å²) < 4.78 is 0. The van der Waals surface area contributed by atoms with Crippen molar-refractivity contribution < 1.29 is 14.7 Å². The molecule has 3 N–H and O–H groups in total. The van der Waals surface area contributed by atoms with Crippen molar-refractivity contribution in [1.29, 1.82) is 0 Å². The number of aliphatic hydroxyl groups excluding tert-OH is 1. The highest BCUT2D eigenvalue weighted by atomic mass is 16.3. The molecular weight excluding hydrogens is 244 g/mol. The van der Waals surface area contributed by atoms with E-state index in [1.54, 1.807) is 0 Å². The molecule has 0 aliphatic heterocycles. The van der Waals surface area contributed by atoms with E-state index in [2.05, 4.69) is 10.6 Å². The minimum atomic E-state index is -0.517. The maximum Gasteiger partial charge on any atom is 0.223 e. The first-order valence-electron chi connectivity index (χ1n) is 7.23. The van der Waals surface area contributed by atoms with Crippen LogP contribution in [0.4, 0.5) is 0 Å². The molecule has 2 amide bonds. The van der Waals surface area contributed by atoms with Gasteiger partial charge in [-0.15, -0.1) is 0 Å². The summed E-state index contributed by atoms with van der Waals surface area (Å²) in [5.74, 6) is 0.215. The van der Waals surface area contributed by atoms with Crippen molar-refractivity contribution in [3.05, 3.63) is 0 Å². The Hall–Kier alpha value is -1.10. The molecular formula is C14H26N2O3. The van der Waals surface area contributed by atoms with Gasteiger partial charge >= 0.3 is 0 Å². The van der Waals surface area contributed by atoms with Crippen molar-refractivity contribution in [1.82, 2.24) is 10.6 Å². The van der Waals surface area contributed by atoms with Crippen LogP contribution in [0, 0.1) is 11.8 Å². The van der Waals surface area contributed by atoms with E-state index in [0.29, 0.717) is 6.54 Å². The van der Waals surface area contributed by atoms with E-state index in [4.69, 9.17) is 0 Å². The Balaban J connectivity index is 2.08. The Morgan fingerprint density at radius 2 is 1.84 bits per heavy atom. The van der Waals surface area contributed by atoms with Gasteiger partial charge in [0.15, 0.2) is 0 Å². The summed E-state index contributed by atoms with van der Waals surface area (Å²) in [6.07, 6.45) is 3.95. The predicted molar refractivity (Wildman–Crippen MR) is 73.4 cm³/mol. The molecule has 0 aromatic carbocycles. The zero-order chi connectivity index (χ0) is 14.3. The molecule has 19 heavy (non-hydrogen) atoms. The van der Waals surface area contributed by atoms with Crippen LogP contribution in [0.3, 0.4) is 0 Å². The van der Waals surface area contributed by atoms with Crippen LogP contribution in [0.5, 0.6) is 0 Å². The lowest BCUT2D eigenvalue weighted by Gasteiger charge is -2.15. The van der Waals surface area contributed by atoms with E-state index in [1.807, 2.05) is 13.8 Å². The second-order valence-electron chi connectivity index (χ2n) is 5.64. The number of carbonyl (C=O) groups excluding carboxylic acids is 2. The number of hydrogen-bond donors (Lipinski definition) is 3. The second kappa shape index (κ2) is 8.15. The zero-order valence-corrected chi connectivity index (χ0v) is 11.9. The summed E-state index contributed by atoms with van der Waals surface area (Å²) in [6, 6.07) is 0. The van der Waals surface area contributed by atoms with Crippen LogP contribution in [0.2, 0.25) is 0 Å². The Morgan fingerprint density at radius 1 is 1.21 bits per heavy atom. The summed E-state index contributed by atoms with van der Waals surface area (Å²) in [6.45, 7) is 4.45. The molecule has 0 heterocycles. The first-order chi connectivity index (χ1) is 9.00. The molecule has 1 fully saturated rings. The normalized spacial score (nSPS) is 17.5. The molecule has 1 rings (SSSR count). The van der Waals surface area contributed by atoms with Crippen molar-refractivity contribution in [2.24, 2.45) is 11.8 Å². The standard InChI is InChI=1S/C14H26N2O3/c1-10(2)12(17)9-16-13(18)7-8-15-14(19)11-5-3-4-6-11/h10-12,17H,3-9H2,1-2H3,(H,15,19)(H,16,18). The largest absolute Gasteiger partial charge is 0.391 e. The van der Waals surface area contributed by atoms with Crippen molar-refractivity contribution in [3.8, 4) is 0 Å². The molecule has 5 heteroatoms. The van der Waals surface area contributed by atoms with Crippen LogP contribution in [0.25, 0.3) is 0 Å². The fourth-order valence-corrected chi connectivity index (χ4v) is 2.17. The minimum Gasteiger partial charge on any atom is -0.391 e. The SMILES string of the molecule is CC(C)C(O)CNC(=O)CCNC(=O)C1CCCC1. The third-order valence-electron chi connectivity index (χ3n) is 3.66. The van der Waals surface area contributed by atoms with Crippen LogP contribution in [0.15, 0.2) is 0 Å². The fourth-order valence-electron chi connectivity index (χ4n) is 2.17. The van der Waals surface area contributed by atoms with Crippen molar-refractivity contribution in [3.63, 3.8) is 0 Å².